The van der Waals surface area contributed by atoms with Crippen molar-refractivity contribution in [2.75, 3.05) is 20.1 Å². The van der Waals surface area contributed by atoms with Crippen molar-refractivity contribution in [3.05, 3.63) is 23.5 Å². The maximum absolute atomic E-state index is 11.5. The molecular formula is C12H19N3O2. The van der Waals surface area contributed by atoms with Crippen LogP contribution < -0.4 is 5.32 Å². The Morgan fingerprint density at radius 1 is 1.53 bits per heavy atom. The van der Waals surface area contributed by atoms with Crippen molar-refractivity contribution in [2.24, 2.45) is 0 Å². The van der Waals surface area contributed by atoms with Gasteiger partial charge in [-0.2, -0.15) is 0 Å². The molecule has 0 atom stereocenters. The van der Waals surface area contributed by atoms with E-state index in [1.165, 1.54) is 0 Å². The zero-order valence-corrected chi connectivity index (χ0v) is 10.5. The van der Waals surface area contributed by atoms with Gasteiger partial charge >= 0.3 is 0 Å². The number of nitrogens with zero attached hydrogens (tertiary/aromatic N) is 2. The summed E-state index contributed by atoms with van der Waals surface area (Å²) in [5.41, 5.74) is 1.41. The third-order valence-electron chi connectivity index (χ3n) is 2.56. The summed E-state index contributed by atoms with van der Waals surface area (Å²) in [6, 6.07) is 3.36. The van der Waals surface area contributed by atoms with Gasteiger partial charge in [0.15, 0.2) is 0 Å². The number of nitrogens with one attached hydrogen (secondary N) is 1. The number of pyridine rings is 1. The van der Waals surface area contributed by atoms with E-state index < -0.39 is 0 Å². The smallest absolute Gasteiger partial charge is 0.236 e. The highest BCUT2D eigenvalue weighted by atomic mass is 16.3. The maximum Gasteiger partial charge on any atom is 0.236 e. The average Bonchev–Trinajstić information content (AvgIpc) is 2.32. The Morgan fingerprint density at radius 2 is 2.24 bits per heavy atom. The fraction of sp³-hybridized carbons (Fsp3) is 0.500. The molecule has 0 bridgehead atoms. The van der Waals surface area contributed by atoms with Crippen molar-refractivity contribution >= 4 is 5.91 Å². The largest absolute Gasteiger partial charge is 0.506 e. The van der Waals surface area contributed by atoms with Crippen LogP contribution in [0.1, 0.15) is 18.3 Å². The Balaban J connectivity index is 2.46. The Hall–Kier alpha value is -1.62. The molecule has 5 heteroatoms. The van der Waals surface area contributed by atoms with Gasteiger partial charge < -0.3 is 15.3 Å². The quantitative estimate of drug-likeness (QED) is 0.789. The van der Waals surface area contributed by atoms with Crippen LogP contribution in [0.25, 0.3) is 0 Å². The van der Waals surface area contributed by atoms with E-state index in [-0.39, 0.29) is 18.2 Å². The summed E-state index contributed by atoms with van der Waals surface area (Å²) in [7, 11) is 1.76. The predicted octanol–water partition coefficient (Wildman–Crippen LogP) is 0.664. The zero-order valence-electron chi connectivity index (χ0n) is 10.5. The lowest BCUT2D eigenvalue weighted by Gasteiger charge is -2.14. The van der Waals surface area contributed by atoms with E-state index in [1.807, 2.05) is 13.8 Å². The second-order valence-corrected chi connectivity index (χ2v) is 3.93. The van der Waals surface area contributed by atoms with Gasteiger partial charge in [-0.1, -0.05) is 0 Å². The Bertz CT molecular complexity index is 393. The SMILES string of the molecule is CCN(C)C(=O)CNCc1nc(C)ccc1O. The number of rotatable bonds is 5. The highest BCUT2D eigenvalue weighted by molar-refractivity contribution is 5.77. The van der Waals surface area contributed by atoms with Crippen LogP contribution in [0.4, 0.5) is 0 Å². The van der Waals surface area contributed by atoms with Crippen molar-refractivity contribution in [3.63, 3.8) is 0 Å². The summed E-state index contributed by atoms with van der Waals surface area (Å²) >= 11 is 0. The number of likely N-dealkylation sites (N-methyl/N-ethyl adjacent to an activating group) is 1. The van der Waals surface area contributed by atoms with E-state index in [0.29, 0.717) is 18.8 Å². The Kier molecular flexibility index (Phi) is 4.90. The molecule has 0 saturated heterocycles. The number of carbonyl (C=O) groups is 1. The lowest BCUT2D eigenvalue weighted by molar-refractivity contribution is -0.128. The average molecular weight is 237 g/mol. The molecule has 2 N–H and O–H groups in total. The molecule has 0 radical (unpaired) electrons. The summed E-state index contributed by atoms with van der Waals surface area (Å²) < 4.78 is 0. The van der Waals surface area contributed by atoms with Crippen molar-refractivity contribution in [1.29, 1.82) is 0 Å². The molecule has 0 fully saturated rings. The van der Waals surface area contributed by atoms with Gasteiger partial charge in [0.1, 0.15) is 5.75 Å². The van der Waals surface area contributed by atoms with Crippen LogP contribution in [-0.2, 0) is 11.3 Å². The summed E-state index contributed by atoms with van der Waals surface area (Å²) in [4.78, 5) is 17.3. The molecule has 0 spiro atoms. The highest BCUT2D eigenvalue weighted by Gasteiger charge is 2.07. The van der Waals surface area contributed by atoms with E-state index in [2.05, 4.69) is 10.3 Å². The van der Waals surface area contributed by atoms with Gasteiger partial charge in [0.05, 0.1) is 12.2 Å². The van der Waals surface area contributed by atoms with E-state index in [0.717, 1.165) is 5.69 Å². The minimum Gasteiger partial charge on any atom is -0.506 e. The molecule has 0 aromatic carbocycles. The summed E-state index contributed by atoms with van der Waals surface area (Å²) in [6.07, 6.45) is 0. The van der Waals surface area contributed by atoms with Crippen molar-refractivity contribution in [3.8, 4) is 5.75 Å². The Morgan fingerprint density at radius 3 is 2.88 bits per heavy atom. The third kappa shape index (κ3) is 4.03. The standard InChI is InChI=1S/C12H19N3O2/c1-4-15(3)12(17)8-13-7-10-11(16)6-5-9(2)14-10/h5-6,13,16H,4,7-8H2,1-3H3. The minimum atomic E-state index is 0.0274. The molecule has 17 heavy (non-hydrogen) atoms. The monoisotopic (exact) mass is 237 g/mol. The van der Waals surface area contributed by atoms with Crippen molar-refractivity contribution in [1.82, 2.24) is 15.2 Å². The minimum absolute atomic E-state index is 0.0274. The molecular weight excluding hydrogens is 218 g/mol. The van der Waals surface area contributed by atoms with Gasteiger partial charge in [-0.25, -0.2) is 0 Å². The number of aryl methyl sites for hydroxylation is 1. The van der Waals surface area contributed by atoms with E-state index >= 15 is 0 Å². The fourth-order valence-electron chi connectivity index (χ4n) is 1.33. The second-order valence-electron chi connectivity index (χ2n) is 3.93. The number of amides is 1. The fourth-order valence-corrected chi connectivity index (χ4v) is 1.33. The van der Waals surface area contributed by atoms with Crippen molar-refractivity contribution in [2.45, 2.75) is 20.4 Å². The first-order chi connectivity index (χ1) is 8.04. The third-order valence-corrected chi connectivity index (χ3v) is 2.56. The summed E-state index contributed by atoms with van der Waals surface area (Å²) in [6.45, 7) is 5.11. The molecule has 1 heterocycles. The van der Waals surface area contributed by atoms with E-state index in [9.17, 15) is 9.90 Å². The van der Waals surface area contributed by atoms with Crippen LogP contribution in [0.2, 0.25) is 0 Å². The molecule has 94 valence electrons. The summed E-state index contributed by atoms with van der Waals surface area (Å²) in [5, 5.41) is 12.5. The molecule has 0 unspecified atom stereocenters. The van der Waals surface area contributed by atoms with Gasteiger partial charge in [0, 0.05) is 25.8 Å². The molecule has 0 aliphatic heterocycles. The van der Waals surface area contributed by atoms with Crippen LogP contribution in [0, 0.1) is 6.92 Å². The zero-order chi connectivity index (χ0) is 12.8. The topological polar surface area (TPSA) is 65.5 Å². The van der Waals surface area contributed by atoms with Crippen LogP contribution >= 0.6 is 0 Å². The molecule has 0 aliphatic rings. The number of carbonyl (C=O) groups excluding carboxylic acids is 1. The number of aromatic nitrogens is 1. The Labute approximate surface area is 101 Å². The second kappa shape index (κ2) is 6.20. The molecule has 1 rings (SSSR count). The molecule has 1 aromatic heterocycles. The van der Waals surface area contributed by atoms with Crippen LogP contribution in [0.3, 0.4) is 0 Å². The van der Waals surface area contributed by atoms with Crippen LogP contribution in [0.5, 0.6) is 5.75 Å². The maximum atomic E-state index is 11.5. The number of hydrogen-bond donors (Lipinski definition) is 2. The lowest BCUT2D eigenvalue weighted by Crippen LogP contribution is -2.35. The van der Waals surface area contributed by atoms with Gasteiger partial charge in [-0.3, -0.25) is 9.78 Å². The van der Waals surface area contributed by atoms with E-state index in [4.69, 9.17) is 0 Å². The first-order valence-electron chi connectivity index (χ1n) is 5.64. The lowest BCUT2D eigenvalue weighted by atomic mass is 10.3. The van der Waals surface area contributed by atoms with Gasteiger partial charge in [0.25, 0.3) is 0 Å². The molecule has 0 aliphatic carbocycles. The summed E-state index contributed by atoms with van der Waals surface area (Å²) in [5.74, 6) is 0.180. The van der Waals surface area contributed by atoms with Crippen LogP contribution in [0.15, 0.2) is 12.1 Å². The predicted molar refractivity (Wildman–Crippen MR) is 65.7 cm³/mol. The molecule has 5 nitrogen and oxygen atoms in total. The van der Waals surface area contributed by atoms with Gasteiger partial charge in [-0.15, -0.1) is 0 Å². The highest BCUT2D eigenvalue weighted by Crippen LogP contribution is 2.13. The first-order valence-corrected chi connectivity index (χ1v) is 5.64. The van der Waals surface area contributed by atoms with Crippen molar-refractivity contribution < 1.29 is 9.90 Å². The van der Waals surface area contributed by atoms with E-state index in [1.54, 1.807) is 24.1 Å². The molecule has 0 saturated carbocycles. The number of aromatic hydroxyl groups is 1. The molecule has 1 amide bonds. The van der Waals surface area contributed by atoms with Gasteiger partial charge in [-0.05, 0) is 26.0 Å². The normalized spacial score (nSPS) is 10.3. The first kappa shape index (κ1) is 13.4. The van der Waals surface area contributed by atoms with Crippen LogP contribution in [-0.4, -0.2) is 41.0 Å². The van der Waals surface area contributed by atoms with Gasteiger partial charge in [0.2, 0.25) is 5.91 Å². The number of hydrogen-bond acceptors (Lipinski definition) is 4. The molecule has 1 aromatic rings.